The lowest BCUT2D eigenvalue weighted by molar-refractivity contribution is -0.121. The highest BCUT2D eigenvalue weighted by atomic mass is 16.1. The highest BCUT2D eigenvalue weighted by Gasteiger charge is 2.03. The maximum Gasteiger partial charge on any atom is 0.220 e. The first-order chi connectivity index (χ1) is 6.68. The zero-order valence-corrected chi connectivity index (χ0v) is 8.79. The summed E-state index contributed by atoms with van der Waals surface area (Å²) in [5, 5.41) is 2.89. The molecule has 14 heavy (non-hydrogen) atoms. The standard InChI is InChI=1S/C12H17NO/c1-10(2)8-12(14)13-9-11-6-4-3-5-7-11/h3-7,10H,8-9H2,1-2H3,(H,13,14). The van der Waals surface area contributed by atoms with Gasteiger partial charge in [-0.25, -0.2) is 0 Å². The van der Waals surface area contributed by atoms with Crippen LogP contribution in [-0.4, -0.2) is 5.91 Å². The van der Waals surface area contributed by atoms with Crippen molar-refractivity contribution in [2.24, 2.45) is 5.92 Å². The lowest BCUT2D eigenvalue weighted by Crippen LogP contribution is -2.23. The first-order valence-electron chi connectivity index (χ1n) is 4.99. The van der Waals surface area contributed by atoms with Crippen molar-refractivity contribution < 1.29 is 4.79 Å². The molecule has 1 amide bonds. The normalized spacial score (nSPS) is 10.2. The molecular weight excluding hydrogens is 174 g/mol. The fourth-order valence-electron chi connectivity index (χ4n) is 1.24. The summed E-state index contributed by atoms with van der Waals surface area (Å²) in [6, 6.07) is 9.94. The van der Waals surface area contributed by atoms with E-state index in [1.165, 1.54) is 0 Å². The molecule has 0 radical (unpaired) electrons. The molecule has 0 aliphatic rings. The van der Waals surface area contributed by atoms with Gasteiger partial charge in [0.2, 0.25) is 5.91 Å². The Bertz CT molecular complexity index is 280. The van der Waals surface area contributed by atoms with Gasteiger partial charge in [-0.1, -0.05) is 44.2 Å². The van der Waals surface area contributed by atoms with E-state index in [4.69, 9.17) is 0 Å². The number of hydrogen-bond acceptors (Lipinski definition) is 1. The van der Waals surface area contributed by atoms with Crippen molar-refractivity contribution >= 4 is 5.91 Å². The second-order valence-corrected chi connectivity index (χ2v) is 3.86. The smallest absolute Gasteiger partial charge is 0.220 e. The van der Waals surface area contributed by atoms with Crippen molar-refractivity contribution in [2.45, 2.75) is 26.8 Å². The summed E-state index contributed by atoms with van der Waals surface area (Å²) in [5.41, 5.74) is 1.14. The lowest BCUT2D eigenvalue weighted by Gasteiger charge is -2.06. The second kappa shape index (κ2) is 5.43. The number of hydrogen-bond donors (Lipinski definition) is 1. The highest BCUT2D eigenvalue weighted by molar-refractivity contribution is 5.76. The Morgan fingerprint density at radius 1 is 1.29 bits per heavy atom. The van der Waals surface area contributed by atoms with Crippen molar-refractivity contribution in [3.05, 3.63) is 35.9 Å². The van der Waals surface area contributed by atoms with Crippen LogP contribution in [0, 0.1) is 5.92 Å². The Labute approximate surface area is 85.3 Å². The number of carbonyl (C=O) groups excluding carboxylic acids is 1. The van der Waals surface area contributed by atoms with Crippen LogP contribution in [0.15, 0.2) is 30.3 Å². The van der Waals surface area contributed by atoms with E-state index in [1.807, 2.05) is 44.2 Å². The van der Waals surface area contributed by atoms with Gasteiger partial charge in [-0.3, -0.25) is 4.79 Å². The van der Waals surface area contributed by atoms with E-state index >= 15 is 0 Å². The molecule has 2 heteroatoms. The summed E-state index contributed by atoms with van der Waals surface area (Å²) in [6.45, 7) is 4.72. The molecule has 1 aromatic rings. The first kappa shape index (κ1) is 10.8. The Balaban J connectivity index is 2.31. The summed E-state index contributed by atoms with van der Waals surface area (Å²) in [6.07, 6.45) is 0.604. The van der Waals surface area contributed by atoms with Crippen LogP contribution in [-0.2, 0) is 11.3 Å². The molecule has 2 nitrogen and oxygen atoms in total. The van der Waals surface area contributed by atoms with Gasteiger partial charge in [0.05, 0.1) is 0 Å². The zero-order valence-electron chi connectivity index (χ0n) is 8.79. The third kappa shape index (κ3) is 4.08. The van der Waals surface area contributed by atoms with Crippen molar-refractivity contribution in [2.75, 3.05) is 0 Å². The largest absolute Gasteiger partial charge is 0.352 e. The predicted octanol–water partition coefficient (Wildman–Crippen LogP) is 2.35. The van der Waals surface area contributed by atoms with E-state index in [-0.39, 0.29) is 5.91 Å². The molecular formula is C12H17NO. The van der Waals surface area contributed by atoms with E-state index in [2.05, 4.69) is 5.32 Å². The van der Waals surface area contributed by atoms with Crippen LogP contribution < -0.4 is 5.32 Å². The summed E-state index contributed by atoms with van der Waals surface area (Å²) in [4.78, 5) is 11.3. The second-order valence-electron chi connectivity index (χ2n) is 3.86. The molecule has 0 aromatic heterocycles. The van der Waals surface area contributed by atoms with Crippen LogP contribution in [0.3, 0.4) is 0 Å². The third-order valence-electron chi connectivity index (χ3n) is 1.93. The van der Waals surface area contributed by atoms with Crippen LogP contribution in [0.2, 0.25) is 0 Å². The molecule has 0 unspecified atom stereocenters. The van der Waals surface area contributed by atoms with Gasteiger partial charge in [-0.2, -0.15) is 0 Å². The fourth-order valence-corrected chi connectivity index (χ4v) is 1.24. The lowest BCUT2D eigenvalue weighted by atomic mass is 10.1. The molecule has 0 saturated heterocycles. The molecule has 0 atom stereocenters. The van der Waals surface area contributed by atoms with Gasteiger partial charge in [-0.05, 0) is 11.5 Å². The Morgan fingerprint density at radius 3 is 2.50 bits per heavy atom. The van der Waals surface area contributed by atoms with Crippen LogP contribution in [0.5, 0.6) is 0 Å². The Hall–Kier alpha value is -1.31. The number of amides is 1. The van der Waals surface area contributed by atoms with Gasteiger partial charge in [0.25, 0.3) is 0 Å². The van der Waals surface area contributed by atoms with E-state index in [0.29, 0.717) is 18.9 Å². The fraction of sp³-hybridized carbons (Fsp3) is 0.417. The van der Waals surface area contributed by atoms with E-state index < -0.39 is 0 Å². The number of nitrogens with one attached hydrogen (secondary N) is 1. The van der Waals surface area contributed by atoms with Crippen molar-refractivity contribution in [3.8, 4) is 0 Å². The molecule has 0 saturated carbocycles. The maximum atomic E-state index is 11.3. The summed E-state index contributed by atoms with van der Waals surface area (Å²) >= 11 is 0. The van der Waals surface area contributed by atoms with Gasteiger partial charge >= 0.3 is 0 Å². The summed E-state index contributed by atoms with van der Waals surface area (Å²) in [5.74, 6) is 0.551. The SMILES string of the molecule is CC(C)CC(=O)NCc1ccccc1. The van der Waals surface area contributed by atoms with Crippen molar-refractivity contribution in [1.82, 2.24) is 5.32 Å². The Morgan fingerprint density at radius 2 is 1.93 bits per heavy atom. The average Bonchev–Trinajstić information content (AvgIpc) is 2.15. The minimum absolute atomic E-state index is 0.129. The van der Waals surface area contributed by atoms with E-state index in [1.54, 1.807) is 0 Å². The van der Waals surface area contributed by atoms with Crippen molar-refractivity contribution in [1.29, 1.82) is 0 Å². The van der Waals surface area contributed by atoms with Crippen LogP contribution in [0.4, 0.5) is 0 Å². The molecule has 0 bridgehead atoms. The van der Waals surface area contributed by atoms with Gasteiger partial charge in [-0.15, -0.1) is 0 Å². The molecule has 0 fully saturated rings. The van der Waals surface area contributed by atoms with E-state index in [9.17, 15) is 4.79 Å². The molecule has 0 aliphatic carbocycles. The summed E-state index contributed by atoms with van der Waals surface area (Å²) in [7, 11) is 0. The first-order valence-corrected chi connectivity index (χ1v) is 4.99. The number of rotatable bonds is 4. The van der Waals surface area contributed by atoms with Crippen LogP contribution >= 0.6 is 0 Å². The topological polar surface area (TPSA) is 29.1 Å². The number of benzene rings is 1. The summed E-state index contributed by atoms with van der Waals surface area (Å²) < 4.78 is 0. The molecule has 1 N–H and O–H groups in total. The molecule has 1 rings (SSSR count). The molecule has 0 heterocycles. The molecule has 0 aliphatic heterocycles. The van der Waals surface area contributed by atoms with Crippen LogP contribution in [0.1, 0.15) is 25.8 Å². The minimum Gasteiger partial charge on any atom is -0.352 e. The van der Waals surface area contributed by atoms with Gasteiger partial charge in [0.15, 0.2) is 0 Å². The van der Waals surface area contributed by atoms with Gasteiger partial charge < -0.3 is 5.32 Å². The predicted molar refractivity (Wildman–Crippen MR) is 57.7 cm³/mol. The average molecular weight is 191 g/mol. The Kier molecular flexibility index (Phi) is 4.17. The van der Waals surface area contributed by atoms with Crippen LogP contribution in [0.25, 0.3) is 0 Å². The molecule has 0 spiro atoms. The maximum absolute atomic E-state index is 11.3. The van der Waals surface area contributed by atoms with Gasteiger partial charge in [0, 0.05) is 13.0 Å². The van der Waals surface area contributed by atoms with E-state index in [0.717, 1.165) is 5.56 Å². The molecule has 1 aromatic carbocycles. The monoisotopic (exact) mass is 191 g/mol. The van der Waals surface area contributed by atoms with Crippen molar-refractivity contribution in [3.63, 3.8) is 0 Å². The third-order valence-corrected chi connectivity index (χ3v) is 1.93. The van der Waals surface area contributed by atoms with Gasteiger partial charge in [0.1, 0.15) is 0 Å². The molecule has 76 valence electrons. The minimum atomic E-state index is 0.129. The zero-order chi connectivity index (χ0) is 10.4. The quantitative estimate of drug-likeness (QED) is 0.777. The highest BCUT2D eigenvalue weighted by Crippen LogP contribution is 2.00. The number of carbonyl (C=O) groups is 1.